The van der Waals surface area contributed by atoms with Crippen LogP contribution in [-0.2, 0) is 10.0 Å². The molecule has 3 N–H and O–H groups in total. The summed E-state index contributed by atoms with van der Waals surface area (Å²) in [5.74, 6) is -0.0967. The maximum absolute atomic E-state index is 12.6. The lowest BCUT2D eigenvalue weighted by Gasteiger charge is -2.20. The summed E-state index contributed by atoms with van der Waals surface area (Å²) in [6.45, 7) is 5.16. The molecule has 2 rings (SSSR count). The summed E-state index contributed by atoms with van der Waals surface area (Å²) < 4.78 is 32.4. The smallest absolute Gasteiger partial charge is 0.510 e. The van der Waals surface area contributed by atoms with E-state index in [0.717, 1.165) is 16.9 Å². The zero-order valence-corrected chi connectivity index (χ0v) is 14.6. The second kappa shape index (κ2) is 6.62. The van der Waals surface area contributed by atoms with Gasteiger partial charge in [-0.05, 0) is 32.4 Å². The Bertz CT molecular complexity index is 766. The van der Waals surface area contributed by atoms with Crippen LogP contribution in [0.1, 0.15) is 20.8 Å². The second-order valence-electron chi connectivity index (χ2n) is 5.93. The van der Waals surface area contributed by atoms with E-state index in [0.29, 0.717) is 4.88 Å². The third-order valence-corrected chi connectivity index (χ3v) is 6.08. The Labute approximate surface area is 140 Å². The van der Waals surface area contributed by atoms with Crippen molar-refractivity contribution in [3.8, 4) is 16.2 Å². The van der Waals surface area contributed by atoms with Crippen molar-refractivity contribution in [2.24, 2.45) is 0 Å². The van der Waals surface area contributed by atoms with Crippen molar-refractivity contribution in [3.63, 3.8) is 0 Å². The predicted molar refractivity (Wildman–Crippen MR) is 90.6 cm³/mol. The van der Waals surface area contributed by atoms with Gasteiger partial charge in [-0.2, -0.15) is 0 Å². The fraction of sp³-hybridized carbons (Fsp3) is 0.286. The lowest BCUT2D eigenvalue weighted by atomic mass is 10.1. The molecule has 124 valence electrons. The number of hydrogen-bond donors (Lipinski definition) is 3. The zero-order chi connectivity index (χ0) is 17.3. The van der Waals surface area contributed by atoms with Crippen molar-refractivity contribution < 1.29 is 23.1 Å². The van der Waals surface area contributed by atoms with Crippen molar-refractivity contribution >= 4 is 28.7 Å². The number of nitrogens with one attached hydrogen (secondary N) is 1. The highest BCUT2D eigenvalue weighted by molar-refractivity contribution is 7.91. The van der Waals surface area contributed by atoms with Crippen molar-refractivity contribution in [2.45, 2.75) is 30.5 Å². The van der Waals surface area contributed by atoms with Crippen LogP contribution in [-0.4, -0.2) is 31.3 Å². The molecule has 0 aliphatic heterocycles. The Balaban J connectivity index is 2.51. The van der Waals surface area contributed by atoms with Crippen LogP contribution in [0.25, 0.3) is 10.4 Å². The first-order valence-corrected chi connectivity index (χ1v) is 9.14. The van der Waals surface area contributed by atoms with E-state index >= 15 is 0 Å². The van der Waals surface area contributed by atoms with Gasteiger partial charge in [0.25, 0.3) is 10.0 Å². The Morgan fingerprint density at radius 3 is 2.30 bits per heavy atom. The van der Waals surface area contributed by atoms with E-state index in [2.05, 4.69) is 4.72 Å². The molecule has 0 spiro atoms. The summed E-state index contributed by atoms with van der Waals surface area (Å²) in [7, 11) is -5.96. The summed E-state index contributed by atoms with van der Waals surface area (Å²) in [6.07, 6.45) is 0. The molecule has 0 radical (unpaired) electrons. The topological polar surface area (TPSA) is 95.9 Å². The molecule has 1 heterocycles. The van der Waals surface area contributed by atoms with Crippen LogP contribution in [0.2, 0.25) is 0 Å². The number of hydrogen-bond acceptors (Lipinski definition) is 6. The first kappa shape index (κ1) is 18.0. The summed E-state index contributed by atoms with van der Waals surface area (Å²) in [5.41, 5.74) is 0.136. The van der Waals surface area contributed by atoms with Gasteiger partial charge in [0.15, 0.2) is 4.21 Å². The Kier molecular flexibility index (Phi) is 5.17. The normalized spacial score (nSPS) is 12.2. The first-order chi connectivity index (χ1) is 10.6. The van der Waals surface area contributed by atoms with E-state index in [9.17, 15) is 8.42 Å². The quantitative estimate of drug-likeness (QED) is 0.712. The number of thiophene rings is 1. The maximum Gasteiger partial charge on any atom is 0.707 e. The largest absolute Gasteiger partial charge is 0.707 e. The Hall–Kier alpha value is -1.39. The third kappa shape index (κ3) is 4.79. The van der Waals surface area contributed by atoms with Crippen molar-refractivity contribution in [1.82, 2.24) is 4.72 Å². The number of sulfonamides is 1. The number of benzene rings is 1. The summed E-state index contributed by atoms with van der Waals surface area (Å²) in [4.78, 5) is 0.649. The van der Waals surface area contributed by atoms with Gasteiger partial charge in [0.2, 0.25) is 0 Å². The van der Waals surface area contributed by atoms with E-state index in [-0.39, 0.29) is 9.96 Å². The van der Waals surface area contributed by atoms with Crippen molar-refractivity contribution in [1.29, 1.82) is 0 Å². The minimum atomic E-state index is -3.86. The standard InChI is InChI=1S/C14H18BNO5S2/c1-14(2,3)16-23(19,20)13-11(21-15(17)18)9-12(22-13)10-7-5-4-6-8-10/h4-9,16-18H,1-3H3. The molecule has 0 aliphatic rings. The van der Waals surface area contributed by atoms with Crippen LogP contribution in [0.3, 0.4) is 0 Å². The van der Waals surface area contributed by atoms with E-state index in [1.165, 1.54) is 6.07 Å². The van der Waals surface area contributed by atoms with E-state index < -0.39 is 22.9 Å². The average molecular weight is 355 g/mol. The molecule has 0 fully saturated rings. The van der Waals surface area contributed by atoms with Gasteiger partial charge >= 0.3 is 7.32 Å². The predicted octanol–water partition coefficient (Wildman–Crippen LogP) is 1.84. The summed E-state index contributed by atoms with van der Waals surface area (Å²) in [6, 6.07) is 10.7. The zero-order valence-electron chi connectivity index (χ0n) is 13.0. The van der Waals surface area contributed by atoms with Gasteiger partial charge in [0, 0.05) is 10.4 Å². The van der Waals surface area contributed by atoms with Gasteiger partial charge in [-0.25, -0.2) is 13.1 Å². The van der Waals surface area contributed by atoms with Crippen molar-refractivity contribution in [3.05, 3.63) is 36.4 Å². The maximum atomic E-state index is 12.6. The molecule has 9 heteroatoms. The highest BCUT2D eigenvalue weighted by atomic mass is 32.2. The van der Waals surface area contributed by atoms with Gasteiger partial charge in [0.05, 0.1) is 0 Å². The van der Waals surface area contributed by atoms with Gasteiger partial charge in [-0.15, -0.1) is 11.3 Å². The van der Waals surface area contributed by atoms with Crippen LogP contribution in [0.4, 0.5) is 0 Å². The van der Waals surface area contributed by atoms with Crippen LogP contribution in [0.15, 0.2) is 40.6 Å². The number of rotatable bonds is 5. The van der Waals surface area contributed by atoms with Crippen LogP contribution in [0, 0.1) is 0 Å². The van der Waals surface area contributed by atoms with Gasteiger partial charge < -0.3 is 14.7 Å². The van der Waals surface area contributed by atoms with Gasteiger partial charge in [0.1, 0.15) is 5.75 Å². The summed E-state index contributed by atoms with van der Waals surface area (Å²) >= 11 is 1.00. The SMILES string of the molecule is CC(C)(C)NS(=O)(=O)c1sc(-c2ccccc2)cc1OB(O)O. The second-order valence-corrected chi connectivity index (χ2v) is 8.86. The lowest BCUT2D eigenvalue weighted by molar-refractivity contribution is 0.286. The average Bonchev–Trinajstić information content (AvgIpc) is 2.81. The summed E-state index contributed by atoms with van der Waals surface area (Å²) in [5, 5.41) is 18.1. The Morgan fingerprint density at radius 2 is 1.78 bits per heavy atom. The molecule has 0 amide bonds. The molecule has 6 nitrogen and oxygen atoms in total. The molecule has 0 atom stereocenters. The molecule has 23 heavy (non-hydrogen) atoms. The van der Waals surface area contributed by atoms with Gasteiger partial charge in [-0.3, -0.25) is 0 Å². The molecule has 0 unspecified atom stereocenters. The molecule has 0 aliphatic carbocycles. The fourth-order valence-corrected chi connectivity index (χ4v) is 4.87. The lowest BCUT2D eigenvalue weighted by Crippen LogP contribution is -2.40. The van der Waals surface area contributed by atoms with Crippen LogP contribution in [0.5, 0.6) is 5.75 Å². The van der Waals surface area contributed by atoms with E-state index in [1.54, 1.807) is 20.8 Å². The molecule has 0 saturated heterocycles. The highest BCUT2D eigenvalue weighted by Gasteiger charge is 2.30. The van der Waals surface area contributed by atoms with E-state index in [1.807, 2.05) is 30.3 Å². The minimum absolute atomic E-state index is 0.0967. The Morgan fingerprint density at radius 1 is 1.17 bits per heavy atom. The van der Waals surface area contributed by atoms with Gasteiger partial charge in [-0.1, -0.05) is 30.3 Å². The first-order valence-electron chi connectivity index (χ1n) is 6.84. The molecule has 0 saturated carbocycles. The third-order valence-electron chi connectivity index (χ3n) is 2.64. The highest BCUT2D eigenvalue weighted by Crippen LogP contribution is 2.39. The molecule has 1 aromatic heterocycles. The van der Waals surface area contributed by atoms with Crippen LogP contribution >= 0.6 is 11.3 Å². The molecule has 1 aromatic carbocycles. The van der Waals surface area contributed by atoms with Crippen LogP contribution < -0.4 is 9.38 Å². The molecular formula is C14H18BNO5S2. The minimum Gasteiger partial charge on any atom is -0.510 e. The van der Waals surface area contributed by atoms with E-state index in [4.69, 9.17) is 14.7 Å². The monoisotopic (exact) mass is 355 g/mol. The fourth-order valence-electron chi connectivity index (χ4n) is 1.93. The molecule has 2 aromatic rings. The van der Waals surface area contributed by atoms with Crippen molar-refractivity contribution in [2.75, 3.05) is 0 Å². The molecule has 0 bridgehead atoms. The molecular weight excluding hydrogens is 337 g/mol.